The van der Waals surface area contributed by atoms with Crippen molar-refractivity contribution in [2.45, 2.75) is 18.8 Å². The largest absolute Gasteiger partial charge is 0.360 e. The van der Waals surface area contributed by atoms with Gasteiger partial charge in [0.2, 0.25) is 0 Å². The number of carbonyl (C=O) groups excluding carboxylic acids is 1. The van der Waals surface area contributed by atoms with Gasteiger partial charge in [0.15, 0.2) is 5.78 Å². The van der Waals surface area contributed by atoms with Crippen LogP contribution in [0.15, 0.2) is 112 Å². The zero-order valence-corrected chi connectivity index (χ0v) is 17.4. The molecule has 1 aliphatic rings. The number of benzene rings is 3. The van der Waals surface area contributed by atoms with Crippen LogP contribution < -0.4 is 0 Å². The van der Waals surface area contributed by atoms with Crippen molar-refractivity contribution < 1.29 is 9.32 Å². The monoisotopic (exact) mass is 419 g/mol. The maximum absolute atomic E-state index is 13.2. The summed E-state index contributed by atoms with van der Waals surface area (Å²) in [6, 6.07) is 31.2. The lowest BCUT2D eigenvalue weighted by atomic mass is 9.88. The summed E-state index contributed by atoms with van der Waals surface area (Å²) in [5.74, 6) is 0.422. The first kappa shape index (κ1) is 19.8. The zero-order chi connectivity index (χ0) is 21.8. The maximum Gasteiger partial charge on any atom is 0.184 e. The van der Waals surface area contributed by atoms with Crippen molar-refractivity contribution in [3.8, 4) is 11.3 Å². The van der Waals surface area contributed by atoms with E-state index in [4.69, 9.17) is 4.52 Å². The highest BCUT2D eigenvalue weighted by molar-refractivity contribution is 6.46. The summed E-state index contributed by atoms with van der Waals surface area (Å²) < 4.78 is 5.73. The molecule has 0 N–H and O–H groups in total. The lowest BCUT2D eigenvalue weighted by molar-refractivity contribution is -0.113. The van der Waals surface area contributed by atoms with E-state index in [0.717, 1.165) is 28.1 Å². The van der Waals surface area contributed by atoms with Crippen molar-refractivity contribution >= 4 is 17.2 Å². The molecule has 0 aliphatic carbocycles. The van der Waals surface area contributed by atoms with E-state index in [1.165, 1.54) is 0 Å². The van der Waals surface area contributed by atoms with E-state index in [0.29, 0.717) is 17.9 Å². The fraction of sp³-hybridized carbons (Fsp3) is 0.111. The molecular weight excluding hydrogens is 398 g/mol. The van der Waals surface area contributed by atoms with E-state index in [2.05, 4.69) is 15.4 Å². The van der Waals surface area contributed by atoms with Gasteiger partial charge in [-0.3, -0.25) is 4.79 Å². The average molecular weight is 419 g/mol. The van der Waals surface area contributed by atoms with Crippen LogP contribution >= 0.6 is 0 Å². The first-order chi connectivity index (χ1) is 15.8. The summed E-state index contributed by atoms with van der Waals surface area (Å²) in [5, 5.41) is 13.2. The summed E-state index contributed by atoms with van der Waals surface area (Å²) in [7, 11) is 0. The van der Waals surface area contributed by atoms with Gasteiger partial charge in [0, 0.05) is 36.0 Å². The van der Waals surface area contributed by atoms with Crippen molar-refractivity contribution in [1.82, 2.24) is 5.16 Å². The van der Waals surface area contributed by atoms with E-state index in [9.17, 15) is 4.79 Å². The molecule has 0 saturated heterocycles. The normalized spacial score (nSPS) is 19.9. The molecular formula is C27H21N3O2. The fourth-order valence-corrected chi connectivity index (χ4v) is 3.88. The summed E-state index contributed by atoms with van der Waals surface area (Å²) in [5.41, 5.74) is 4.65. The average Bonchev–Trinajstić information content (AvgIpc) is 3.33. The van der Waals surface area contributed by atoms with Crippen molar-refractivity contribution in [3.05, 3.63) is 114 Å². The lowest BCUT2D eigenvalue weighted by Crippen LogP contribution is -2.22. The molecule has 3 aromatic carbocycles. The zero-order valence-electron chi connectivity index (χ0n) is 17.4. The molecule has 0 bridgehead atoms. The van der Waals surface area contributed by atoms with Crippen molar-refractivity contribution in [2.75, 3.05) is 0 Å². The molecule has 156 valence electrons. The van der Waals surface area contributed by atoms with Crippen LogP contribution in [0.1, 0.15) is 35.6 Å². The van der Waals surface area contributed by atoms with Gasteiger partial charge in [-0.05, 0) is 5.56 Å². The Morgan fingerprint density at radius 2 is 1.28 bits per heavy atom. The summed E-state index contributed by atoms with van der Waals surface area (Å²) in [6.07, 6.45) is 0.799. The van der Waals surface area contributed by atoms with Gasteiger partial charge in [-0.25, -0.2) is 0 Å². The Labute approximate surface area is 186 Å². The molecule has 5 rings (SSSR count). The van der Waals surface area contributed by atoms with Crippen LogP contribution in [0.2, 0.25) is 0 Å². The lowest BCUT2D eigenvalue weighted by Gasteiger charge is -2.17. The third-order valence-corrected chi connectivity index (χ3v) is 5.56. The number of carbonyl (C=O) groups is 1. The van der Waals surface area contributed by atoms with Crippen LogP contribution in [0.3, 0.4) is 0 Å². The Hall–Kier alpha value is -4.12. The third kappa shape index (κ3) is 4.18. The molecule has 0 unspecified atom stereocenters. The number of rotatable bonds is 4. The van der Waals surface area contributed by atoms with Crippen LogP contribution in [0.5, 0.6) is 0 Å². The predicted molar refractivity (Wildman–Crippen MR) is 125 cm³/mol. The molecule has 5 heteroatoms. The molecule has 0 fully saturated rings. The van der Waals surface area contributed by atoms with Gasteiger partial charge in [-0.1, -0.05) is 96.2 Å². The van der Waals surface area contributed by atoms with Gasteiger partial charge >= 0.3 is 0 Å². The van der Waals surface area contributed by atoms with Gasteiger partial charge in [-0.2, -0.15) is 5.10 Å². The maximum atomic E-state index is 13.2. The summed E-state index contributed by atoms with van der Waals surface area (Å²) >= 11 is 0. The minimum atomic E-state index is -0.194. The Morgan fingerprint density at radius 1 is 0.688 bits per heavy atom. The van der Waals surface area contributed by atoms with E-state index in [1.807, 2.05) is 97.1 Å². The molecule has 2 heterocycles. The molecule has 1 atom stereocenters. The number of hydrogen-bond acceptors (Lipinski definition) is 5. The topological polar surface area (TPSA) is 67.8 Å². The van der Waals surface area contributed by atoms with Crippen LogP contribution in [0, 0.1) is 0 Å². The van der Waals surface area contributed by atoms with Gasteiger partial charge in [0.1, 0.15) is 17.2 Å². The highest BCUT2D eigenvalue weighted by Crippen LogP contribution is 2.31. The van der Waals surface area contributed by atoms with Gasteiger partial charge in [0.05, 0.1) is 5.71 Å². The summed E-state index contributed by atoms with van der Waals surface area (Å²) in [6.45, 7) is 0. The molecule has 4 aromatic rings. The van der Waals surface area contributed by atoms with Gasteiger partial charge in [-0.15, -0.1) is 5.10 Å². The van der Waals surface area contributed by atoms with E-state index in [1.54, 1.807) is 0 Å². The third-order valence-electron chi connectivity index (χ3n) is 5.56. The molecule has 0 amide bonds. The Bertz CT molecular complexity index is 1280. The van der Waals surface area contributed by atoms with E-state index < -0.39 is 0 Å². The van der Waals surface area contributed by atoms with E-state index >= 15 is 0 Å². The predicted octanol–water partition coefficient (Wildman–Crippen LogP) is 5.68. The van der Waals surface area contributed by atoms with Gasteiger partial charge < -0.3 is 4.52 Å². The highest BCUT2D eigenvalue weighted by Gasteiger charge is 2.28. The quantitative estimate of drug-likeness (QED) is 0.427. The molecule has 0 spiro atoms. The smallest absolute Gasteiger partial charge is 0.184 e. The summed E-state index contributed by atoms with van der Waals surface area (Å²) in [4.78, 5) is 13.2. The number of nitrogens with zero attached hydrogens (tertiary/aromatic N) is 3. The standard InChI is InChI=1S/C27H21N3O2/c31-25-17-22(26-18-24(30-32-26)20-12-6-2-7-13-20)16-23(19-10-4-1-5-11-19)28-29-27(25)21-14-8-3-9-15-21/h1-15,18,22H,16-17H2/b28-23+,29-27-/t22-/m1/s1. The van der Waals surface area contributed by atoms with Crippen molar-refractivity contribution in [2.24, 2.45) is 10.2 Å². The minimum absolute atomic E-state index is 0.0604. The number of hydrogen-bond donors (Lipinski definition) is 0. The van der Waals surface area contributed by atoms with Crippen LogP contribution in [0.4, 0.5) is 0 Å². The molecule has 0 radical (unpaired) electrons. The van der Waals surface area contributed by atoms with E-state index in [-0.39, 0.29) is 18.1 Å². The number of aromatic nitrogens is 1. The second kappa shape index (κ2) is 8.94. The first-order valence-electron chi connectivity index (χ1n) is 10.6. The Kier molecular flexibility index (Phi) is 5.54. The minimum Gasteiger partial charge on any atom is -0.360 e. The second-order valence-corrected chi connectivity index (χ2v) is 7.74. The van der Waals surface area contributed by atoms with Crippen LogP contribution in [0.25, 0.3) is 11.3 Å². The molecule has 32 heavy (non-hydrogen) atoms. The van der Waals surface area contributed by atoms with Crippen LogP contribution in [-0.2, 0) is 4.79 Å². The first-order valence-corrected chi connectivity index (χ1v) is 10.6. The molecule has 0 saturated carbocycles. The highest BCUT2D eigenvalue weighted by atomic mass is 16.5. The van der Waals surface area contributed by atoms with Gasteiger partial charge in [0.25, 0.3) is 0 Å². The number of Topliss-reactive ketones (excluding diaryl/α,β-unsaturated/α-hetero) is 1. The fourth-order valence-electron chi connectivity index (χ4n) is 3.88. The number of ketones is 1. The molecule has 5 nitrogen and oxygen atoms in total. The SMILES string of the molecule is O=C1C[C@H](c2cc(-c3ccccc3)no2)C/C(c2ccccc2)=N\N=C/1c1ccccc1. The Balaban J connectivity index is 1.54. The molecule has 1 aromatic heterocycles. The van der Waals surface area contributed by atoms with Crippen LogP contribution in [-0.4, -0.2) is 22.4 Å². The van der Waals surface area contributed by atoms with Crippen molar-refractivity contribution in [1.29, 1.82) is 0 Å². The molecule has 1 aliphatic heterocycles. The van der Waals surface area contributed by atoms with Crippen molar-refractivity contribution in [3.63, 3.8) is 0 Å². The Morgan fingerprint density at radius 3 is 1.94 bits per heavy atom. The second-order valence-electron chi connectivity index (χ2n) is 7.74.